The van der Waals surface area contributed by atoms with Gasteiger partial charge in [-0.3, -0.25) is 9.69 Å². The molecule has 29 heavy (non-hydrogen) atoms. The number of fused-ring (bicyclic) bond motifs is 1. The summed E-state index contributed by atoms with van der Waals surface area (Å²) in [4.78, 5) is 19.9. The van der Waals surface area contributed by atoms with Crippen molar-refractivity contribution < 1.29 is 4.79 Å². The highest BCUT2D eigenvalue weighted by molar-refractivity contribution is 5.79. The predicted molar refractivity (Wildman–Crippen MR) is 117 cm³/mol. The maximum atomic E-state index is 12.8. The van der Waals surface area contributed by atoms with Gasteiger partial charge in [0.15, 0.2) is 0 Å². The quantitative estimate of drug-likeness (QED) is 0.710. The van der Waals surface area contributed by atoms with Gasteiger partial charge in [-0.25, -0.2) is 4.98 Å². The summed E-state index contributed by atoms with van der Waals surface area (Å²) in [5.74, 6) is 1.13. The van der Waals surface area contributed by atoms with Gasteiger partial charge in [0.25, 0.3) is 0 Å². The molecule has 3 aromatic rings. The molecule has 5 heteroatoms. The van der Waals surface area contributed by atoms with Gasteiger partial charge < -0.3 is 9.88 Å². The van der Waals surface area contributed by atoms with Gasteiger partial charge in [0.2, 0.25) is 5.91 Å². The van der Waals surface area contributed by atoms with Gasteiger partial charge in [0, 0.05) is 7.05 Å². The van der Waals surface area contributed by atoms with Crippen LogP contribution in [0.4, 0.5) is 0 Å². The Bertz CT molecular complexity index is 1040. The van der Waals surface area contributed by atoms with Crippen molar-refractivity contribution in [2.24, 2.45) is 7.05 Å². The topological polar surface area (TPSA) is 50.2 Å². The van der Waals surface area contributed by atoms with E-state index >= 15 is 0 Å². The average Bonchev–Trinajstić information content (AvgIpc) is 3.28. The number of aryl methyl sites for hydroxylation is 3. The molecule has 0 spiro atoms. The second-order valence-corrected chi connectivity index (χ2v) is 8.28. The highest BCUT2D eigenvalue weighted by Gasteiger charge is 2.31. The lowest BCUT2D eigenvalue weighted by Gasteiger charge is -2.24. The minimum atomic E-state index is -0.00129. The van der Waals surface area contributed by atoms with E-state index < -0.39 is 0 Å². The molecule has 0 aliphatic carbocycles. The molecule has 2 heterocycles. The second kappa shape index (κ2) is 7.99. The van der Waals surface area contributed by atoms with Crippen molar-refractivity contribution in [3.8, 4) is 0 Å². The average molecular weight is 391 g/mol. The number of amides is 1. The van der Waals surface area contributed by atoms with Crippen molar-refractivity contribution in [2.45, 2.75) is 45.7 Å². The van der Waals surface area contributed by atoms with E-state index in [2.05, 4.69) is 72.9 Å². The summed E-state index contributed by atoms with van der Waals surface area (Å²) in [7, 11) is 2.07. The zero-order valence-electron chi connectivity index (χ0n) is 17.8. The summed E-state index contributed by atoms with van der Waals surface area (Å²) in [6.45, 7) is 7.60. The van der Waals surface area contributed by atoms with Crippen LogP contribution in [0.1, 0.15) is 54.4 Å². The lowest BCUT2D eigenvalue weighted by molar-refractivity contribution is -0.123. The molecule has 152 valence electrons. The molecular weight excluding hydrogens is 360 g/mol. The van der Waals surface area contributed by atoms with E-state index in [-0.39, 0.29) is 18.0 Å². The molecule has 1 N–H and O–H groups in total. The third kappa shape index (κ3) is 3.92. The third-order valence-electron chi connectivity index (χ3n) is 6.24. The van der Waals surface area contributed by atoms with E-state index in [0.29, 0.717) is 6.54 Å². The van der Waals surface area contributed by atoms with Crippen LogP contribution in [0.2, 0.25) is 0 Å². The Morgan fingerprint density at radius 3 is 2.76 bits per heavy atom. The number of rotatable bonds is 5. The molecule has 0 bridgehead atoms. The van der Waals surface area contributed by atoms with Crippen LogP contribution in [0.5, 0.6) is 0 Å². The van der Waals surface area contributed by atoms with Crippen LogP contribution < -0.4 is 5.32 Å². The smallest absolute Gasteiger partial charge is 0.234 e. The molecular formula is C24H30N4O. The fraction of sp³-hybridized carbons (Fsp3) is 0.417. The first-order valence-electron chi connectivity index (χ1n) is 10.5. The highest BCUT2D eigenvalue weighted by atomic mass is 16.2. The van der Waals surface area contributed by atoms with Gasteiger partial charge in [0.1, 0.15) is 5.82 Å². The molecule has 0 saturated carbocycles. The first-order valence-corrected chi connectivity index (χ1v) is 10.5. The zero-order valence-corrected chi connectivity index (χ0v) is 17.8. The molecule has 1 saturated heterocycles. The number of hydrogen-bond acceptors (Lipinski definition) is 3. The molecule has 5 nitrogen and oxygen atoms in total. The number of carbonyl (C=O) groups excluding carboxylic acids is 1. The van der Waals surface area contributed by atoms with Crippen molar-refractivity contribution >= 4 is 16.9 Å². The van der Waals surface area contributed by atoms with Crippen LogP contribution in [-0.4, -0.2) is 33.4 Å². The zero-order chi connectivity index (χ0) is 20.5. The molecule has 0 unspecified atom stereocenters. The van der Waals surface area contributed by atoms with E-state index in [1.165, 1.54) is 11.1 Å². The number of carbonyl (C=O) groups is 1. The first kappa shape index (κ1) is 19.6. The lowest BCUT2D eigenvalue weighted by atomic mass is 10.0. The van der Waals surface area contributed by atoms with Crippen molar-refractivity contribution in [2.75, 3.05) is 13.1 Å². The number of aromatic nitrogens is 2. The molecule has 1 aliphatic rings. The Morgan fingerprint density at radius 1 is 1.21 bits per heavy atom. The van der Waals surface area contributed by atoms with E-state index in [1.54, 1.807) is 0 Å². The predicted octanol–water partition coefficient (Wildman–Crippen LogP) is 4.20. The molecule has 1 aliphatic heterocycles. The van der Waals surface area contributed by atoms with Crippen LogP contribution in [-0.2, 0) is 11.8 Å². The Labute approximate surface area is 172 Å². The standard InChI is InChI=1S/C24H30N4O/c1-16-11-12-19(14-17(16)2)18(3)25-23(29)15-28-13-7-10-22(28)24-26-20-8-5-6-9-21(20)27(24)4/h5-6,8-9,11-12,14,18,22H,7,10,13,15H2,1-4H3,(H,25,29)/t18-,22-/m0/s1. The Hall–Kier alpha value is -2.66. The number of imidazole rings is 1. The van der Waals surface area contributed by atoms with Crippen molar-refractivity contribution in [3.05, 3.63) is 65.0 Å². The van der Waals surface area contributed by atoms with Gasteiger partial charge in [0.05, 0.1) is 29.7 Å². The van der Waals surface area contributed by atoms with Gasteiger partial charge in [-0.2, -0.15) is 0 Å². The first-order chi connectivity index (χ1) is 13.9. The summed E-state index contributed by atoms with van der Waals surface area (Å²) >= 11 is 0. The van der Waals surface area contributed by atoms with Crippen molar-refractivity contribution in [1.82, 2.24) is 19.8 Å². The maximum Gasteiger partial charge on any atom is 0.234 e. The molecule has 1 fully saturated rings. The largest absolute Gasteiger partial charge is 0.348 e. The van der Waals surface area contributed by atoms with E-state index in [0.717, 1.165) is 41.8 Å². The number of likely N-dealkylation sites (tertiary alicyclic amines) is 1. The molecule has 0 radical (unpaired) electrons. The summed E-state index contributed by atoms with van der Waals surface area (Å²) in [6.07, 6.45) is 2.13. The van der Waals surface area contributed by atoms with Gasteiger partial charge >= 0.3 is 0 Å². The van der Waals surface area contributed by atoms with E-state index in [4.69, 9.17) is 4.98 Å². The number of benzene rings is 2. The molecule has 2 atom stereocenters. The Kier molecular flexibility index (Phi) is 5.41. The molecule has 1 aromatic heterocycles. The van der Waals surface area contributed by atoms with Gasteiger partial charge in [-0.05, 0) is 69.0 Å². The minimum absolute atomic E-state index is 0.00129. The monoisotopic (exact) mass is 390 g/mol. The van der Waals surface area contributed by atoms with E-state index in [9.17, 15) is 4.79 Å². The van der Waals surface area contributed by atoms with Crippen molar-refractivity contribution in [1.29, 1.82) is 0 Å². The highest BCUT2D eigenvalue weighted by Crippen LogP contribution is 2.32. The summed E-state index contributed by atoms with van der Waals surface area (Å²) < 4.78 is 2.17. The van der Waals surface area contributed by atoms with E-state index in [1.807, 2.05) is 12.1 Å². The van der Waals surface area contributed by atoms with Crippen molar-refractivity contribution in [3.63, 3.8) is 0 Å². The lowest BCUT2D eigenvalue weighted by Crippen LogP contribution is -2.38. The van der Waals surface area contributed by atoms with Crippen LogP contribution in [0.25, 0.3) is 11.0 Å². The summed E-state index contributed by atoms with van der Waals surface area (Å²) in [5.41, 5.74) is 5.83. The van der Waals surface area contributed by atoms with Gasteiger partial charge in [-0.15, -0.1) is 0 Å². The fourth-order valence-electron chi connectivity index (χ4n) is 4.36. The third-order valence-corrected chi connectivity index (χ3v) is 6.24. The van der Waals surface area contributed by atoms with Crippen LogP contribution in [0, 0.1) is 13.8 Å². The Morgan fingerprint density at radius 2 is 2.00 bits per heavy atom. The minimum Gasteiger partial charge on any atom is -0.348 e. The van der Waals surface area contributed by atoms with Gasteiger partial charge in [-0.1, -0.05) is 30.3 Å². The molecule has 1 amide bonds. The SMILES string of the molecule is Cc1ccc([C@H](C)NC(=O)CN2CCC[C@H]2c2nc3ccccc3n2C)cc1C. The second-order valence-electron chi connectivity index (χ2n) is 8.28. The van der Waals surface area contributed by atoms with Crippen LogP contribution in [0.15, 0.2) is 42.5 Å². The fourth-order valence-corrected chi connectivity index (χ4v) is 4.36. The normalized spacial score (nSPS) is 18.3. The summed E-state index contributed by atoms with van der Waals surface area (Å²) in [6, 6.07) is 14.8. The maximum absolute atomic E-state index is 12.8. The number of nitrogens with zero attached hydrogens (tertiary/aromatic N) is 3. The molecule has 2 aromatic carbocycles. The number of para-hydroxylation sites is 2. The van der Waals surface area contributed by atoms with Crippen LogP contribution >= 0.6 is 0 Å². The summed E-state index contributed by atoms with van der Waals surface area (Å²) in [5, 5.41) is 3.18. The molecule has 4 rings (SSSR count). The van der Waals surface area contributed by atoms with Crippen LogP contribution in [0.3, 0.4) is 0 Å². The number of hydrogen-bond donors (Lipinski definition) is 1. The number of nitrogens with one attached hydrogen (secondary N) is 1. The Balaban J connectivity index is 1.45.